The van der Waals surface area contributed by atoms with Crippen LogP contribution in [-0.4, -0.2) is 33.4 Å². The highest BCUT2D eigenvalue weighted by Gasteiger charge is 2.41. The number of benzene rings is 1. The van der Waals surface area contributed by atoms with Crippen molar-refractivity contribution in [3.05, 3.63) is 41.1 Å². The number of aromatic nitrogens is 3. The van der Waals surface area contributed by atoms with Crippen LogP contribution in [0.4, 0.5) is 5.95 Å². The molecule has 142 valence electrons. The number of Topliss-reactive ketones (excluding diaryl/α,β-unsaturated/α-hetero) is 1. The van der Waals surface area contributed by atoms with Crippen molar-refractivity contribution in [2.75, 3.05) is 18.2 Å². The van der Waals surface area contributed by atoms with E-state index in [9.17, 15) is 4.79 Å². The quantitative estimate of drug-likeness (QED) is 0.802. The molecular formula is C20H24N4O2S. The van der Waals surface area contributed by atoms with Gasteiger partial charge in [-0.15, -0.1) is 5.10 Å². The van der Waals surface area contributed by atoms with Gasteiger partial charge in [0.1, 0.15) is 11.8 Å². The summed E-state index contributed by atoms with van der Waals surface area (Å²) >= 11 is 1.50. The molecule has 0 amide bonds. The third-order valence-electron chi connectivity index (χ3n) is 5.00. The number of carbonyl (C=O) groups excluding carboxylic acids is 1. The van der Waals surface area contributed by atoms with Crippen molar-refractivity contribution in [2.24, 2.45) is 5.41 Å². The van der Waals surface area contributed by atoms with Crippen LogP contribution >= 0.6 is 11.8 Å². The lowest BCUT2D eigenvalue weighted by atomic mass is 9.73. The summed E-state index contributed by atoms with van der Waals surface area (Å²) in [5.74, 6) is 1.70. The van der Waals surface area contributed by atoms with Gasteiger partial charge in [-0.05, 0) is 42.7 Å². The van der Waals surface area contributed by atoms with Gasteiger partial charge in [0, 0.05) is 17.7 Å². The van der Waals surface area contributed by atoms with Gasteiger partial charge in [-0.3, -0.25) is 4.79 Å². The normalized spacial score (nSPS) is 20.7. The van der Waals surface area contributed by atoms with Crippen LogP contribution in [0, 0.1) is 5.41 Å². The number of allylic oxidation sites excluding steroid dienone is 2. The van der Waals surface area contributed by atoms with Crippen LogP contribution < -0.4 is 10.1 Å². The number of nitrogens with one attached hydrogen (secondary N) is 1. The van der Waals surface area contributed by atoms with E-state index in [1.807, 2.05) is 42.1 Å². The van der Waals surface area contributed by atoms with E-state index in [4.69, 9.17) is 4.74 Å². The minimum absolute atomic E-state index is 0.0587. The minimum atomic E-state index is -0.260. The summed E-state index contributed by atoms with van der Waals surface area (Å²) in [6.07, 6.45) is 3.32. The summed E-state index contributed by atoms with van der Waals surface area (Å²) in [5.41, 5.74) is 2.74. The summed E-state index contributed by atoms with van der Waals surface area (Å²) in [6, 6.07) is 7.67. The molecule has 0 saturated heterocycles. The van der Waals surface area contributed by atoms with Gasteiger partial charge < -0.3 is 10.1 Å². The van der Waals surface area contributed by atoms with Crippen LogP contribution in [0.2, 0.25) is 0 Å². The lowest BCUT2D eigenvalue weighted by Gasteiger charge is -2.38. The highest BCUT2D eigenvalue weighted by atomic mass is 32.2. The smallest absolute Gasteiger partial charge is 0.227 e. The molecule has 1 aromatic heterocycles. The standard InChI is InChI=1S/C20H24N4O2S/c1-5-26-13-8-6-12(7-9-13)17-16-14(10-20(2,3)11-15(16)25)21-18-22-19(27-4)23-24(17)18/h6-9,17H,5,10-11H2,1-4H3,(H,21,22,23)/t17-/m0/s1. The van der Waals surface area contributed by atoms with Crippen LogP contribution in [0.3, 0.4) is 0 Å². The molecule has 0 radical (unpaired) electrons. The molecule has 4 rings (SSSR count). The molecule has 2 heterocycles. The predicted octanol–water partition coefficient (Wildman–Crippen LogP) is 4.06. The van der Waals surface area contributed by atoms with E-state index < -0.39 is 0 Å². The first-order chi connectivity index (χ1) is 12.9. The van der Waals surface area contributed by atoms with E-state index in [1.165, 1.54) is 11.8 Å². The van der Waals surface area contributed by atoms with Crippen LogP contribution in [0.25, 0.3) is 0 Å². The first-order valence-electron chi connectivity index (χ1n) is 9.18. The fraction of sp³-hybridized carbons (Fsp3) is 0.450. The predicted molar refractivity (Wildman–Crippen MR) is 106 cm³/mol. The Hall–Kier alpha value is -2.28. The average molecular weight is 385 g/mol. The molecule has 1 aliphatic carbocycles. The van der Waals surface area contributed by atoms with Crippen molar-refractivity contribution in [1.82, 2.24) is 14.8 Å². The molecule has 1 atom stereocenters. The van der Waals surface area contributed by atoms with Crippen molar-refractivity contribution >= 4 is 23.5 Å². The Bertz CT molecular complexity index is 915. The maximum Gasteiger partial charge on any atom is 0.227 e. The lowest BCUT2D eigenvalue weighted by Crippen LogP contribution is -2.36. The van der Waals surface area contributed by atoms with Gasteiger partial charge in [0.2, 0.25) is 11.1 Å². The Morgan fingerprint density at radius 2 is 2.04 bits per heavy atom. The van der Waals surface area contributed by atoms with Crippen LogP contribution in [0.1, 0.15) is 45.2 Å². The summed E-state index contributed by atoms with van der Waals surface area (Å²) < 4.78 is 7.41. The Kier molecular flexibility index (Phi) is 4.50. The topological polar surface area (TPSA) is 69.0 Å². The number of nitrogens with zero attached hydrogens (tertiary/aromatic N) is 3. The molecule has 2 aliphatic rings. The summed E-state index contributed by atoms with van der Waals surface area (Å²) in [7, 11) is 0. The number of fused-ring (bicyclic) bond motifs is 1. The first-order valence-corrected chi connectivity index (χ1v) is 10.4. The minimum Gasteiger partial charge on any atom is -0.494 e. The molecule has 0 fully saturated rings. The zero-order chi connectivity index (χ0) is 19.2. The van der Waals surface area contributed by atoms with Crippen LogP contribution in [0.15, 0.2) is 40.7 Å². The number of anilines is 1. The number of rotatable bonds is 4. The molecule has 27 heavy (non-hydrogen) atoms. The SMILES string of the molecule is CCOc1ccc([C@H]2C3=C(CC(C)(C)CC3=O)Nc3nc(SC)nn32)cc1. The second-order valence-electron chi connectivity index (χ2n) is 7.73. The molecule has 0 saturated carbocycles. The fourth-order valence-corrected chi connectivity index (χ4v) is 4.24. The molecule has 2 aromatic rings. The number of ketones is 1. The van der Waals surface area contributed by atoms with E-state index in [0.717, 1.165) is 29.0 Å². The molecular weight excluding hydrogens is 360 g/mol. The Morgan fingerprint density at radius 3 is 2.70 bits per heavy atom. The van der Waals surface area contributed by atoms with E-state index >= 15 is 0 Å². The highest BCUT2D eigenvalue weighted by Crippen LogP contribution is 2.45. The molecule has 1 aliphatic heterocycles. The Balaban J connectivity index is 1.84. The summed E-state index contributed by atoms with van der Waals surface area (Å²) in [6.45, 7) is 6.86. The maximum absolute atomic E-state index is 13.1. The van der Waals surface area contributed by atoms with Gasteiger partial charge in [0.05, 0.1) is 6.61 Å². The third-order valence-corrected chi connectivity index (χ3v) is 5.54. The van der Waals surface area contributed by atoms with Crippen molar-refractivity contribution in [1.29, 1.82) is 0 Å². The zero-order valence-electron chi connectivity index (χ0n) is 16.1. The number of thioether (sulfide) groups is 1. The van der Waals surface area contributed by atoms with Gasteiger partial charge in [0.25, 0.3) is 0 Å². The number of hydrogen-bond donors (Lipinski definition) is 1. The zero-order valence-corrected chi connectivity index (χ0v) is 16.9. The Morgan fingerprint density at radius 1 is 1.30 bits per heavy atom. The summed E-state index contributed by atoms with van der Waals surface area (Å²) in [4.78, 5) is 17.7. The second-order valence-corrected chi connectivity index (χ2v) is 8.50. The van der Waals surface area contributed by atoms with Gasteiger partial charge in [0.15, 0.2) is 5.78 Å². The van der Waals surface area contributed by atoms with E-state index in [2.05, 4.69) is 29.2 Å². The molecule has 0 bridgehead atoms. The number of hydrogen-bond acceptors (Lipinski definition) is 6. The van der Waals surface area contributed by atoms with Gasteiger partial charge in [-0.1, -0.05) is 37.7 Å². The first kappa shape index (κ1) is 18.1. The number of carbonyl (C=O) groups is 1. The molecule has 7 heteroatoms. The van der Waals surface area contributed by atoms with E-state index in [1.54, 1.807) is 0 Å². The molecule has 1 aromatic carbocycles. The lowest BCUT2D eigenvalue weighted by molar-refractivity contribution is -0.118. The van der Waals surface area contributed by atoms with Gasteiger partial charge in [-0.25, -0.2) is 4.68 Å². The molecule has 0 spiro atoms. The average Bonchev–Trinajstić information content (AvgIpc) is 3.02. The van der Waals surface area contributed by atoms with E-state index in [0.29, 0.717) is 24.1 Å². The van der Waals surface area contributed by atoms with Crippen molar-refractivity contribution in [3.63, 3.8) is 0 Å². The largest absolute Gasteiger partial charge is 0.494 e. The molecule has 1 N–H and O–H groups in total. The monoisotopic (exact) mass is 384 g/mol. The van der Waals surface area contributed by atoms with Gasteiger partial charge in [-0.2, -0.15) is 4.98 Å². The van der Waals surface area contributed by atoms with Crippen LogP contribution in [-0.2, 0) is 4.79 Å². The third kappa shape index (κ3) is 3.25. The molecule has 6 nitrogen and oxygen atoms in total. The number of ether oxygens (including phenoxy) is 1. The molecule has 0 unspecified atom stereocenters. The van der Waals surface area contributed by atoms with Gasteiger partial charge >= 0.3 is 0 Å². The highest BCUT2D eigenvalue weighted by molar-refractivity contribution is 7.98. The van der Waals surface area contributed by atoms with Crippen molar-refractivity contribution in [3.8, 4) is 5.75 Å². The second kappa shape index (κ2) is 6.71. The summed E-state index contributed by atoms with van der Waals surface area (Å²) in [5, 5.41) is 8.71. The maximum atomic E-state index is 13.1. The van der Waals surface area contributed by atoms with Crippen molar-refractivity contribution < 1.29 is 9.53 Å². The Labute approximate surface area is 163 Å². The van der Waals surface area contributed by atoms with Crippen molar-refractivity contribution in [2.45, 2.75) is 44.8 Å². The fourth-order valence-electron chi connectivity index (χ4n) is 3.90. The van der Waals surface area contributed by atoms with E-state index in [-0.39, 0.29) is 17.2 Å². The van der Waals surface area contributed by atoms with Crippen LogP contribution in [0.5, 0.6) is 5.75 Å².